The van der Waals surface area contributed by atoms with Gasteiger partial charge >= 0.3 is 5.97 Å². The zero-order valence-corrected chi connectivity index (χ0v) is 13.9. The lowest BCUT2D eigenvalue weighted by Gasteiger charge is -2.06. The molecule has 0 aliphatic rings. The Morgan fingerprint density at radius 3 is 2.88 bits per heavy atom. The van der Waals surface area contributed by atoms with E-state index in [1.54, 1.807) is 31.2 Å². The monoisotopic (exact) mass is 352 g/mol. The van der Waals surface area contributed by atoms with Gasteiger partial charge in [0.05, 0.1) is 12.9 Å². The maximum Gasteiger partial charge on any atom is 0.343 e. The number of ether oxygens (including phenoxy) is 1. The van der Waals surface area contributed by atoms with Crippen molar-refractivity contribution in [2.75, 3.05) is 11.9 Å². The number of esters is 1. The molecule has 3 rings (SSSR count). The van der Waals surface area contributed by atoms with Gasteiger partial charge in [0, 0.05) is 28.9 Å². The summed E-state index contributed by atoms with van der Waals surface area (Å²) in [5.74, 6) is -0.514. The molecule has 0 unspecified atom stereocenters. The average Bonchev–Trinajstić information content (AvgIpc) is 3.14. The summed E-state index contributed by atoms with van der Waals surface area (Å²) in [4.78, 5) is 39.2. The van der Waals surface area contributed by atoms with Crippen LogP contribution < -0.4 is 10.7 Å². The number of hydrogen-bond acceptors (Lipinski definition) is 5. The van der Waals surface area contributed by atoms with E-state index in [9.17, 15) is 14.4 Å². The number of rotatable bonds is 5. The Morgan fingerprint density at radius 2 is 2.15 bits per heavy atom. The van der Waals surface area contributed by atoms with Gasteiger partial charge in [0.1, 0.15) is 11.3 Å². The summed E-state index contributed by atoms with van der Waals surface area (Å²) < 4.78 is 9.98. The number of aromatic amines is 1. The molecule has 0 saturated carbocycles. The Hall–Kier alpha value is -3.61. The summed E-state index contributed by atoms with van der Waals surface area (Å²) in [5.41, 5.74) is 0.435. The van der Waals surface area contributed by atoms with Crippen LogP contribution in [0.25, 0.3) is 17.0 Å². The number of H-pyrrole nitrogens is 1. The van der Waals surface area contributed by atoms with E-state index < -0.39 is 11.4 Å². The molecule has 1 aromatic carbocycles. The number of benzene rings is 1. The lowest BCUT2D eigenvalue weighted by Crippen LogP contribution is -2.18. The molecule has 0 spiro atoms. The fourth-order valence-corrected chi connectivity index (χ4v) is 2.38. The molecule has 0 bridgehead atoms. The zero-order chi connectivity index (χ0) is 18.5. The first kappa shape index (κ1) is 17.2. The summed E-state index contributed by atoms with van der Waals surface area (Å²) in [5, 5.41) is 2.94. The molecule has 26 heavy (non-hydrogen) atoms. The molecule has 3 aromatic rings. The summed E-state index contributed by atoms with van der Waals surface area (Å²) in [6, 6.07) is 8.25. The molecule has 2 aromatic heterocycles. The van der Waals surface area contributed by atoms with Crippen molar-refractivity contribution in [1.29, 1.82) is 0 Å². The first-order chi connectivity index (χ1) is 12.6. The predicted octanol–water partition coefficient (Wildman–Crippen LogP) is 2.95. The molecule has 0 fully saturated rings. The van der Waals surface area contributed by atoms with Crippen molar-refractivity contribution in [3.8, 4) is 0 Å². The molecule has 0 aliphatic heterocycles. The maximum absolute atomic E-state index is 12.5. The number of fused-ring (bicyclic) bond motifs is 1. The predicted molar refractivity (Wildman–Crippen MR) is 96.9 cm³/mol. The molecule has 0 saturated heterocycles. The van der Waals surface area contributed by atoms with Crippen LogP contribution in [0.15, 0.2) is 58.1 Å². The Labute approximate surface area is 148 Å². The maximum atomic E-state index is 12.5. The third kappa shape index (κ3) is 3.72. The number of aromatic nitrogens is 1. The second-order valence-corrected chi connectivity index (χ2v) is 5.35. The molecule has 0 radical (unpaired) electrons. The van der Waals surface area contributed by atoms with Crippen molar-refractivity contribution in [2.45, 2.75) is 6.92 Å². The number of carbonyl (C=O) groups is 2. The van der Waals surface area contributed by atoms with Crippen LogP contribution in [0.2, 0.25) is 0 Å². The van der Waals surface area contributed by atoms with Crippen molar-refractivity contribution in [1.82, 2.24) is 4.98 Å². The van der Waals surface area contributed by atoms with Crippen LogP contribution >= 0.6 is 0 Å². The summed E-state index contributed by atoms with van der Waals surface area (Å²) in [7, 11) is 0. The van der Waals surface area contributed by atoms with Crippen molar-refractivity contribution in [2.24, 2.45) is 0 Å². The molecule has 2 N–H and O–H groups in total. The van der Waals surface area contributed by atoms with E-state index in [1.165, 1.54) is 30.7 Å². The first-order valence-electron chi connectivity index (χ1n) is 7.93. The standard InChI is InChI=1S/C19H16N2O5/c1-2-25-19(24)15-11-20-16-7-5-12(10-14(16)18(15)23)21-17(22)8-6-13-4-3-9-26-13/h3-11H,2H2,1H3,(H,20,23)(H,21,22)/b8-6+. The minimum atomic E-state index is -0.688. The molecular formula is C19H16N2O5. The van der Waals surface area contributed by atoms with Crippen molar-refractivity contribution in [3.63, 3.8) is 0 Å². The highest BCUT2D eigenvalue weighted by Gasteiger charge is 2.14. The third-order valence-electron chi connectivity index (χ3n) is 3.59. The number of carbonyl (C=O) groups excluding carboxylic acids is 2. The highest BCUT2D eigenvalue weighted by Crippen LogP contribution is 2.16. The van der Waals surface area contributed by atoms with Gasteiger partial charge in [-0.1, -0.05) is 0 Å². The number of pyridine rings is 1. The van der Waals surface area contributed by atoms with Crippen LogP contribution in [0, 0.1) is 0 Å². The molecule has 2 heterocycles. The third-order valence-corrected chi connectivity index (χ3v) is 3.59. The fraction of sp³-hybridized carbons (Fsp3) is 0.105. The Morgan fingerprint density at radius 1 is 1.31 bits per heavy atom. The smallest absolute Gasteiger partial charge is 0.343 e. The van der Waals surface area contributed by atoms with Crippen molar-refractivity contribution < 1.29 is 18.7 Å². The van der Waals surface area contributed by atoms with Gasteiger partial charge in [0.2, 0.25) is 11.3 Å². The Kier molecular flexibility index (Phi) is 4.98. The molecule has 132 valence electrons. The van der Waals surface area contributed by atoms with Gasteiger partial charge in [-0.15, -0.1) is 0 Å². The quantitative estimate of drug-likeness (QED) is 0.543. The molecule has 7 heteroatoms. The van der Waals surface area contributed by atoms with E-state index in [2.05, 4.69) is 10.3 Å². The van der Waals surface area contributed by atoms with Crippen LogP contribution in [0.5, 0.6) is 0 Å². The van der Waals surface area contributed by atoms with Crippen LogP contribution in [0.3, 0.4) is 0 Å². The topological polar surface area (TPSA) is 101 Å². The highest BCUT2D eigenvalue weighted by atomic mass is 16.5. The Balaban J connectivity index is 1.85. The van der Waals surface area contributed by atoms with E-state index in [0.29, 0.717) is 17.0 Å². The fourth-order valence-electron chi connectivity index (χ4n) is 2.38. The van der Waals surface area contributed by atoms with Crippen LogP contribution in [0.4, 0.5) is 5.69 Å². The number of nitrogens with one attached hydrogen (secondary N) is 2. The highest BCUT2D eigenvalue weighted by molar-refractivity contribution is 6.03. The molecule has 0 aliphatic carbocycles. The minimum absolute atomic E-state index is 0.0828. The van der Waals surface area contributed by atoms with Gasteiger partial charge in [0.15, 0.2) is 0 Å². The van der Waals surface area contributed by atoms with Crippen LogP contribution in [-0.2, 0) is 9.53 Å². The number of anilines is 1. The SMILES string of the molecule is CCOC(=O)c1c[nH]c2ccc(NC(=O)/C=C/c3ccco3)cc2c1=O. The van der Waals surface area contributed by atoms with Gasteiger partial charge in [0.25, 0.3) is 0 Å². The van der Waals surface area contributed by atoms with Gasteiger partial charge in [-0.3, -0.25) is 9.59 Å². The van der Waals surface area contributed by atoms with Crippen molar-refractivity contribution in [3.05, 3.63) is 70.4 Å². The molecule has 1 amide bonds. The van der Waals surface area contributed by atoms with E-state index >= 15 is 0 Å². The molecule has 7 nitrogen and oxygen atoms in total. The van der Waals surface area contributed by atoms with E-state index in [1.807, 2.05) is 0 Å². The molecular weight excluding hydrogens is 336 g/mol. The minimum Gasteiger partial charge on any atom is -0.465 e. The van der Waals surface area contributed by atoms with Gasteiger partial charge in [-0.05, 0) is 43.3 Å². The van der Waals surface area contributed by atoms with Gasteiger partial charge < -0.3 is 19.5 Å². The number of hydrogen-bond donors (Lipinski definition) is 2. The second kappa shape index (κ2) is 7.52. The Bertz CT molecular complexity index is 1030. The van der Waals surface area contributed by atoms with Crippen LogP contribution in [0.1, 0.15) is 23.0 Å². The zero-order valence-electron chi connectivity index (χ0n) is 13.9. The number of furan rings is 1. The summed E-state index contributed by atoms with van der Waals surface area (Å²) in [6.07, 6.45) is 5.69. The lowest BCUT2D eigenvalue weighted by atomic mass is 10.1. The van der Waals surface area contributed by atoms with Gasteiger partial charge in [-0.25, -0.2) is 4.79 Å². The van der Waals surface area contributed by atoms with E-state index in [0.717, 1.165) is 0 Å². The second-order valence-electron chi connectivity index (χ2n) is 5.35. The van der Waals surface area contributed by atoms with Crippen molar-refractivity contribution >= 4 is 34.5 Å². The van der Waals surface area contributed by atoms with E-state index in [4.69, 9.17) is 9.15 Å². The number of amides is 1. The summed E-state index contributed by atoms with van der Waals surface area (Å²) >= 11 is 0. The first-order valence-corrected chi connectivity index (χ1v) is 7.93. The van der Waals surface area contributed by atoms with Crippen LogP contribution in [-0.4, -0.2) is 23.5 Å². The average molecular weight is 352 g/mol. The largest absolute Gasteiger partial charge is 0.465 e. The van der Waals surface area contributed by atoms with Gasteiger partial charge in [-0.2, -0.15) is 0 Å². The normalized spacial score (nSPS) is 11.0. The van der Waals surface area contributed by atoms with E-state index in [-0.39, 0.29) is 23.5 Å². The molecule has 0 atom stereocenters. The lowest BCUT2D eigenvalue weighted by molar-refractivity contribution is -0.111. The summed E-state index contributed by atoms with van der Waals surface area (Å²) in [6.45, 7) is 1.84.